The highest BCUT2D eigenvalue weighted by atomic mass is 35.5. The summed E-state index contributed by atoms with van der Waals surface area (Å²) in [7, 11) is 3.18. The summed E-state index contributed by atoms with van der Waals surface area (Å²) >= 11 is 6.25. The summed E-state index contributed by atoms with van der Waals surface area (Å²) in [6, 6.07) is 13.3. The summed E-state index contributed by atoms with van der Waals surface area (Å²) in [6.07, 6.45) is 1.66. The number of piperidine rings is 1. The number of methoxy groups -OCH3 is 2. The number of amides is 1. The number of benzene rings is 2. The van der Waals surface area contributed by atoms with Crippen LogP contribution < -0.4 is 14.8 Å². The van der Waals surface area contributed by atoms with Crippen LogP contribution in [0, 0.1) is 5.92 Å². The Bertz CT molecular complexity index is 789. The monoisotopic (exact) mass is 388 g/mol. The Kier molecular flexibility index (Phi) is 6.58. The summed E-state index contributed by atoms with van der Waals surface area (Å²) in [4.78, 5) is 15.0. The number of ether oxygens (including phenoxy) is 2. The zero-order valence-electron chi connectivity index (χ0n) is 15.7. The quantitative estimate of drug-likeness (QED) is 0.805. The van der Waals surface area contributed by atoms with Gasteiger partial charge in [0, 0.05) is 23.6 Å². The fourth-order valence-corrected chi connectivity index (χ4v) is 3.55. The molecule has 0 aromatic heterocycles. The predicted molar refractivity (Wildman–Crippen MR) is 108 cm³/mol. The molecule has 0 bridgehead atoms. The summed E-state index contributed by atoms with van der Waals surface area (Å²) < 4.78 is 10.5. The summed E-state index contributed by atoms with van der Waals surface area (Å²) in [5.74, 6) is 1.33. The molecule has 1 heterocycles. The maximum atomic E-state index is 12.7. The molecule has 1 saturated heterocycles. The third-order valence-corrected chi connectivity index (χ3v) is 5.35. The Morgan fingerprint density at radius 3 is 2.56 bits per heavy atom. The molecule has 3 rings (SSSR count). The highest BCUT2D eigenvalue weighted by Gasteiger charge is 2.26. The van der Waals surface area contributed by atoms with Gasteiger partial charge >= 0.3 is 0 Å². The molecule has 0 unspecified atom stereocenters. The molecular formula is C21H25ClN2O3. The molecule has 5 nitrogen and oxygen atoms in total. The summed E-state index contributed by atoms with van der Waals surface area (Å²) in [6.45, 7) is 2.58. The zero-order valence-corrected chi connectivity index (χ0v) is 16.5. The molecule has 144 valence electrons. The van der Waals surface area contributed by atoms with E-state index in [0.29, 0.717) is 17.2 Å². The number of hydrogen-bond donors (Lipinski definition) is 1. The van der Waals surface area contributed by atoms with E-state index in [-0.39, 0.29) is 11.8 Å². The fraction of sp³-hybridized carbons (Fsp3) is 0.381. The molecule has 0 saturated carbocycles. The average molecular weight is 389 g/mol. The minimum absolute atomic E-state index is 0.000645. The fourth-order valence-electron chi connectivity index (χ4n) is 3.36. The van der Waals surface area contributed by atoms with E-state index in [2.05, 4.69) is 16.3 Å². The van der Waals surface area contributed by atoms with Gasteiger partial charge in [-0.15, -0.1) is 0 Å². The zero-order chi connectivity index (χ0) is 19.2. The normalized spacial score (nSPS) is 15.4. The standard InChI is InChI=1S/C21H25ClN2O3/c1-26-17-7-8-19(20(13-17)27-2)23-21(25)15-9-11-24(12-10-15)14-16-5-3-4-6-18(16)22/h3-8,13,15H,9-12,14H2,1-2H3,(H,23,25). The lowest BCUT2D eigenvalue weighted by atomic mass is 9.95. The van der Waals surface area contributed by atoms with E-state index < -0.39 is 0 Å². The van der Waals surface area contributed by atoms with E-state index >= 15 is 0 Å². The molecule has 0 spiro atoms. The van der Waals surface area contributed by atoms with Crippen molar-refractivity contribution >= 4 is 23.2 Å². The number of halogens is 1. The molecule has 0 atom stereocenters. The van der Waals surface area contributed by atoms with Crippen molar-refractivity contribution in [2.24, 2.45) is 5.92 Å². The van der Waals surface area contributed by atoms with Gasteiger partial charge in [0.1, 0.15) is 11.5 Å². The van der Waals surface area contributed by atoms with E-state index in [1.165, 1.54) is 0 Å². The van der Waals surface area contributed by atoms with Gasteiger partial charge in [-0.1, -0.05) is 29.8 Å². The molecule has 0 aliphatic carbocycles. The van der Waals surface area contributed by atoms with Gasteiger partial charge in [-0.3, -0.25) is 9.69 Å². The molecule has 1 aliphatic rings. The number of rotatable bonds is 6. The van der Waals surface area contributed by atoms with Gasteiger partial charge in [0.15, 0.2) is 0 Å². The van der Waals surface area contributed by atoms with Crippen molar-refractivity contribution in [2.45, 2.75) is 19.4 Å². The number of nitrogens with zero attached hydrogens (tertiary/aromatic N) is 1. The minimum atomic E-state index is -0.000645. The molecular weight excluding hydrogens is 364 g/mol. The highest BCUT2D eigenvalue weighted by Crippen LogP contribution is 2.30. The van der Waals surface area contributed by atoms with Crippen molar-refractivity contribution in [1.82, 2.24) is 4.90 Å². The molecule has 2 aromatic rings. The number of carbonyl (C=O) groups excluding carboxylic acids is 1. The second kappa shape index (κ2) is 9.11. The van der Waals surface area contributed by atoms with Crippen molar-refractivity contribution in [3.05, 3.63) is 53.1 Å². The molecule has 6 heteroatoms. The number of nitrogens with one attached hydrogen (secondary N) is 1. The van der Waals surface area contributed by atoms with E-state index in [9.17, 15) is 4.79 Å². The van der Waals surface area contributed by atoms with Gasteiger partial charge in [0.25, 0.3) is 0 Å². The lowest BCUT2D eigenvalue weighted by molar-refractivity contribution is -0.121. The van der Waals surface area contributed by atoms with Crippen LogP contribution in [0.5, 0.6) is 11.5 Å². The molecule has 1 fully saturated rings. The first kappa shape index (κ1) is 19.5. The Hall–Kier alpha value is -2.24. The third kappa shape index (κ3) is 4.93. The van der Waals surface area contributed by atoms with Gasteiger partial charge < -0.3 is 14.8 Å². The number of carbonyl (C=O) groups is 1. The first-order valence-corrected chi connectivity index (χ1v) is 9.47. The van der Waals surface area contributed by atoms with Crippen molar-refractivity contribution in [2.75, 3.05) is 32.6 Å². The van der Waals surface area contributed by atoms with Gasteiger partial charge in [-0.2, -0.15) is 0 Å². The second-order valence-electron chi connectivity index (χ2n) is 6.70. The number of anilines is 1. The maximum absolute atomic E-state index is 12.7. The predicted octanol–water partition coefficient (Wildman–Crippen LogP) is 4.21. The highest BCUT2D eigenvalue weighted by molar-refractivity contribution is 6.31. The van der Waals surface area contributed by atoms with Crippen LogP contribution in [0.4, 0.5) is 5.69 Å². The molecule has 0 radical (unpaired) electrons. The van der Waals surface area contributed by atoms with Crippen LogP contribution >= 0.6 is 11.6 Å². The van der Waals surface area contributed by atoms with Crippen LogP contribution in [0.2, 0.25) is 5.02 Å². The Morgan fingerprint density at radius 2 is 1.89 bits per heavy atom. The van der Waals surface area contributed by atoms with E-state index in [4.69, 9.17) is 21.1 Å². The van der Waals surface area contributed by atoms with Gasteiger partial charge in [-0.05, 0) is 49.7 Å². The first-order chi connectivity index (χ1) is 13.1. The summed E-state index contributed by atoms with van der Waals surface area (Å²) in [5.41, 5.74) is 1.80. The van der Waals surface area contributed by atoms with Crippen LogP contribution in [0.15, 0.2) is 42.5 Å². The van der Waals surface area contributed by atoms with Crippen molar-refractivity contribution in [3.63, 3.8) is 0 Å². The number of likely N-dealkylation sites (tertiary alicyclic amines) is 1. The van der Waals surface area contributed by atoms with Crippen molar-refractivity contribution < 1.29 is 14.3 Å². The Morgan fingerprint density at radius 1 is 1.15 bits per heavy atom. The molecule has 1 N–H and O–H groups in total. The second-order valence-corrected chi connectivity index (χ2v) is 7.10. The topological polar surface area (TPSA) is 50.8 Å². The Balaban J connectivity index is 1.55. The SMILES string of the molecule is COc1ccc(NC(=O)C2CCN(Cc3ccccc3Cl)CC2)c(OC)c1. The minimum Gasteiger partial charge on any atom is -0.497 e. The number of hydrogen-bond acceptors (Lipinski definition) is 4. The first-order valence-electron chi connectivity index (χ1n) is 9.09. The Labute approximate surface area is 165 Å². The maximum Gasteiger partial charge on any atom is 0.227 e. The van der Waals surface area contributed by atoms with Gasteiger partial charge in [-0.25, -0.2) is 0 Å². The smallest absolute Gasteiger partial charge is 0.227 e. The van der Waals surface area contributed by atoms with Crippen molar-refractivity contribution in [1.29, 1.82) is 0 Å². The van der Waals surface area contributed by atoms with Crippen LogP contribution in [0.25, 0.3) is 0 Å². The molecule has 27 heavy (non-hydrogen) atoms. The lowest BCUT2D eigenvalue weighted by Crippen LogP contribution is -2.37. The van der Waals surface area contributed by atoms with E-state index in [0.717, 1.165) is 43.1 Å². The van der Waals surface area contributed by atoms with Crippen LogP contribution in [-0.2, 0) is 11.3 Å². The lowest BCUT2D eigenvalue weighted by Gasteiger charge is -2.31. The van der Waals surface area contributed by atoms with E-state index in [1.54, 1.807) is 20.3 Å². The molecule has 1 amide bonds. The van der Waals surface area contributed by atoms with Crippen LogP contribution in [-0.4, -0.2) is 38.1 Å². The largest absolute Gasteiger partial charge is 0.497 e. The van der Waals surface area contributed by atoms with Crippen LogP contribution in [0.1, 0.15) is 18.4 Å². The molecule has 2 aromatic carbocycles. The van der Waals surface area contributed by atoms with E-state index in [1.807, 2.05) is 30.3 Å². The average Bonchev–Trinajstić information content (AvgIpc) is 2.70. The van der Waals surface area contributed by atoms with Crippen molar-refractivity contribution in [3.8, 4) is 11.5 Å². The summed E-state index contributed by atoms with van der Waals surface area (Å²) in [5, 5.41) is 3.79. The third-order valence-electron chi connectivity index (χ3n) is 4.98. The van der Waals surface area contributed by atoms with Gasteiger partial charge in [0.2, 0.25) is 5.91 Å². The molecule has 1 aliphatic heterocycles. The van der Waals surface area contributed by atoms with Crippen LogP contribution in [0.3, 0.4) is 0 Å². The van der Waals surface area contributed by atoms with Gasteiger partial charge in [0.05, 0.1) is 19.9 Å².